The summed E-state index contributed by atoms with van der Waals surface area (Å²) in [4.78, 5) is 0. The van der Waals surface area contributed by atoms with Crippen LogP contribution in [-0.4, -0.2) is 36.9 Å². The smallest absolute Gasteiger partial charge is 0 e. The predicted molar refractivity (Wildman–Crippen MR) is 22.9 cm³/mol. The molecule has 7 heavy (non-hydrogen) atoms. The van der Waals surface area contributed by atoms with E-state index in [4.69, 9.17) is 13.2 Å². The van der Waals surface area contributed by atoms with E-state index in [-0.39, 0.29) is 51.4 Å². The summed E-state index contributed by atoms with van der Waals surface area (Å²) in [7, 11) is 0. The van der Waals surface area contributed by atoms with Crippen molar-refractivity contribution in [2.45, 2.75) is 0 Å². The van der Waals surface area contributed by atoms with E-state index in [1.54, 1.807) is 0 Å². The molecule has 0 aliphatic carbocycles. The van der Waals surface area contributed by atoms with Gasteiger partial charge in [-0.1, -0.05) is 0 Å². The Morgan fingerprint density at radius 2 is 1.14 bits per heavy atom. The molecule has 7 heteroatoms. The van der Waals surface area contributed by atoms with Gasteiger partial charge in [0, 0.05) is 40.4 Å². The van der Waals surface area contributed by atoms with Gasteiger partial charge in [-0.3, -0.25) is 0 Å². The van der Waals surface area contributed by atoms with Crippen molar-refractivity contribution in [1.29, 1.82) is 0 Å². The first kappa shape index (κ1) is 15.9. The Morgan fingerprint density at radius 3 is 1.14 bits per heavy atom. The first-order valence-corrected chi connectivity index (χ1v) is 4.69. The van der Waals surface area contributed by atoms with Gasteiger partial charge < -0.3 is 0 Å². The average molecular weight is 376 g/mol. The Morgan fingerprint density at radius 1 is 1.14 bits per heavy atom. The number of rotatable bonds is 0. The molecule has 0 saturated carbocycles. The summed E-state index contributed by atoms with van der Waals surface area (Å²) in [5.41, 5.74) is 0. The normalized spacial score (nSPS) is 8.29. The van der Waals surface area contributed by atoms with Gasteiger partial charge in [-0.2, -0.15) is 0 Å². The van der Waals surface area contributed by atoms with Gasteiger partial charge in [0.2, 0.25) is 0 Å². The van der Waals surface area contributed by atoms with Crippen LogP contribution in [0, 0.1) is 40.4 Å². The van der Waals surface area contributed by atoms with Crippen LogP contribution in [0.4, 0.5) is 0 Å². The van der Waals surface area contributed by atoms with E-state index >= 15 is 0 Å². The summed E-state index contributed by atoms with van der Waals surface area (Å²) in [6.45, 7) is 0. The first-order chi connectivity index (χ1) is 2.00. The number of hydrogen-bond acceptors (Lipinski definition) is 2. The van der Waals surface area contributed by atoms with E-state index < -0.39 is 19.0 Å². The van der Waals surface area contributed by atoms with Crippen LogP contribution in [0.3, 0.4) is 0 Å². The van der Waals surface area contributed by atoms with Gasteiger partial charge in [-0.25, -0.2) is 0 Å². The van der Waals surface area contributed by atoms with Crippen molar-refractivity contribution in [3.63, 3.8) is 0 Å². The predicted octanol–water partition coefficient (Wildman–Crippen LogP) is -3.18. The molecule has 4 nitrogen and oxygen atoms in total. The molecule has 0 atom stereocenters. The van der Waals surface area contributed by atoms with Crippen molar-refractivity contribution in [1.82, 2.24) is 0 Å². The minimum absolute atomic E-state index is 0. The van der Waals surface area contributed by atoms with Crippen LogP contribution in [-0.2, 0) is 6.21 Å². The van der Waals surface area contributed by atoms with Crippen LogP contribution in [0.1, 0.15) is 0 Å². The van der Waals surface area contributed by atoms with Crippen molar-refractivity contribution < 1.29 is 53.5 Å². The van der Waals surface area contributed by atoms with Gasteiger partial charge >= 0.3 is 32.1 Å². The summed E-state index contributed by atoms with van der Waals surface area (Å²) in [6.07, 6.45) is 0. The standard InChI is InChI=1S/H2O4Te.H4Si.Sm/c1-5(2,3)4;;/h(H2,1,2,3,4);1H4;. The van der Waals surface area contributed by atoms with Crippen molar-refractivity contribution in [3.8, 4) is 0 Å². The van der Waals surface area contributed by atoms with E-state index in [2.05, 4.69) is 0 Å². The van der Waals surface area contributed by atoms with Crippen molar-refractivity contribution in [3.05, 3.63) is 0 Å². The second-order valence-corrected chi connectivity index (χ2v) is 3.00. The van der Waals surface area contributed by atoms with Crippen LogP contribution in [0.25, 0.3) is 0 Å². The summed E-state index contributed by atoms with van der Waals surface area (Å²) < 4.78 is 32.0. The van der Waals surface area contributed by atoms with Gasteiger partial charge in [-0.05, 0) is 11.0 Å². The molecule has 0 bridgehead atoms. The maximum Gasteiger partial charge on any atom is 0 e. The molecule has 0 rings (SSSR count). The largest absolute Gasteiger partial charge is 0.0149 e. The van der Waals surface area contributed by atoms with E-state index in [0.717, 1.165) is 0 Å². The fourth-order valence-corrected chi connectivity index (χ4v) is 0. The molecule has 0 aromatic rings. The van der Waals surface area contributed by atoms with Crippen LogP contribution in [0.2, 0.25) is 0 Å². The molecule has 0 heterocycles. The Kier molecular flexibility index (Phi) is 13.6. The summed E-state index contributed by atoms with van der Waals surface area (Å²) >= 11 is -5.52. The van der Waals surface area contributed by atoms with E-state index in [1.165, 1.54) is 0 Å². The Labute approximate surface area is 82.1 Å². The van der Waals surface area contributed by atoms with Gasteiger partial charge in [0.25, 0.3) is 0 Å². The molecular formula is H6O4SiSmTe. The summed E-state index contributed by atoms with van der Waals surface area (Å²) in [5, 5.41) is 0. The Balaban J connectivity index is -0.0000000800. The average Bonchev–Trinajstić information content (AvgIpc) is 0.722. The van der Waals surface area contributed by atoms with Gasteiger partial charge in [0.05, 0.1) is 0 Å². The van der Waals surface area contributed by atoms with E-state index in [0.29, 0.717) is 0 Å². The zero-order valence-corrected chi connectivity index (χ0v) is 7.48. The van der Waals surface area contributed by atoms with Gasteiger partial charge in [0.15, 0.2) is 0 Å². The Bertz CT molecular complexity index is 94.9. The fraction of sp³-hybridized carbons (Fsp3) is 0. The molecule has 46 valence electrons. The third-order valence-electron chi connectivity index (χ3n) is 0. The quantitative estimate of drug-likeness (QED) is 0.438. The second-order valence-electron chi connectivity index (χ2n) is 0.448. The zero-order chi connectivity index (χ0) is 4.50. The van der Waals surface area contributed by atoms with E-state index in [1.807, 2.05) is 0 Å². The molecular weight excluding hydrogens is 370 g/mol. The maximum absolute atomic E-state index is 8.85. The molecule has 0 amide bonds. The molecule has 0 aliphatic rings. The summed E-state index contributed by atoms with van der Waals surface area (Å²) in [6, 6.07) is 0. The second kappa shape index (κ2) is 5.99. The summed E-state index contributed by atoms with van der Waals surface area (Å²) in [5.74, 6) is 0. The molecule has 0 aromatic carbocycles. The molecule has 2 N–H and O–H groups in total. The van der Waals surface area contributed by atoms with Crippen molar-refractivity contribution >= 4 is 29.9 Å². The molecule has 0 unspecified atom stereocenters. The SMILES string of the molecule is O=[Te](=O)(O)O.[SiH4].[Sm]. The van der Waals surface area contributed by atoms with Crippen LogP contribution >= 0.6 is 0 Å². The molecule has 0 fully saturated rings. The monoisotopic (exact) mass is 380 g/mol. The first-order valence-electron chi connectivity index (χ1n) is 0.698. The third-order valence-corrected chi connectivity index (χ3v) is 0. The van der Waals surface area contributed by atoms with Crippen LogP contribution in [0.5, 0.6) is 0 Å². The maximum atomic E-state index is 8.85. The fourth-order valence-electron chi connectivity index (χ4n) is 0. The van der Waals surface area contributed by atoms with E-state index in [9.17, 15) is 0 Å². The van der Waals surface area contributed by atoms with Crippen LogP contribution < -0.4 is 0 Å². The third kappa shape index (κ3) is 77.8. The topological polar surface area (TPSA) is 74.6 Å². The molecule has 0 saturated heterocycles. The van der Waals surface area contributed by atoms with Crippen LogP contribution in [0.15, 0.2) is 0 Å². The molecule has 0 radical (unpaired) electrons. The molecule has 0 aromatic heterocycles. The van der Waals surface area contributed by atoms with Crippen molar-refractivity contribution in [2.24, 2.45) is 0 Å². The molecule has 0 spiro atoms. The van der Waals surface area contributed by atoms with Gasteiger partial charge in [-0.15, -0.1) is 0 Å². The Hall–Kier alpha value is 1.86. The minimum atomic E-state index is -5.52. The zero-order valence-electron chi connectivity index (χ0n) is 2.53. The van der Waals surface area contributed by atoms with Gasteiger partial charge in [0.1, 0.15) is 0 Å². The van der Waals surface area contributed by atoms with Crippen molar-refractivity contribution in [2.75, 3.05) is 0 Å². The minimum Gasteiger partial charge on any atom is -0.0149 e. The number of hydrogen-bond donors (Lipinski definition) is 2. The molecule has 0 aliphatic heterocycles.